The van der Waals surface area contributed by atoms with Gasteiger partial charge in [-0.25, -0.2) is 13.2 Å². The summed E-state index contributed by atoms with van der Waals surface area (Å²) in [6, 6.07) is 1.22. The topological polar surface area (TPSA) is 114 Å². The number of amides is 1. The second-order valence-corrected chi connectivity index (χ2v) is 6.01. The first-order valence-electron chi connectivity index (χ1n) is 5.70. The normalized spacial score (nSPS) is 13.3. The molecule has 0 aliphatic carbocycles. The molecule has 1 rings (SSSR count). The summed E-state index contributed by atoms with van der Waals surface area (Å²) in [5.41, 5.74) is 0. The van der Waals surface area contributed by atoms with Crippen molar-refractivity contribution in [1.82, 2.24) is 5.32 Å². The number of carbonyl (C=O) groups is 2. The number of carboxylic acids is 1. The van der Waals surface area contributed by atoms with E-state index in [4.69, 9.17) is 9.52 Å². The van der Waals surface area contributed by atoms with Crippen LogP contribution in [-0.2, 0) is 14.6 Å². The largest absolute Gasteiger partial charge is 0.480 e. The van der Waals surface area contributed by atoms with Crippen molar-refractivity contribution >= 4 is 21.7 Å². The smallest absolute Gasteiger partial charge is 0.326 e. The molecule has 1 atom stereocenters. The van der Waals surface area contributed by atoms with E-state index in [1.54, 1.807) is 19.1 Å². The van der Waals surface area contributed by atoms with Crippen LogP contribution < -0.4 is 5.32 Å². The predicted octanol–water partition coefficient (Wildman–Crippen LogP) is 0.832. The van der Waals surface area contributed by atoms with E-state index in [0.717, 1.165) is 12.3 Å². The van der Waals surface area contributed by atoms with Crippen LogP contribution in [0.1, 0.15) is 23.9 Å². The Hall–Kier alpha value is -2.09. The minimum atomic E-state index is -3.55. The fourth-order valence-electron chi connectivity index (χ4n) is 1.36. The molecule has 1 aromatic heterocycles. The van der Waals surface area contributed by atoms with E-state index in [-0.39, 0.29) is 17.3 Å². The summed E-state index contributed by atoms with van der Waals surface area (Å²) >= 11 is 0. The Kier molecular flexibility index (Phi) is 5.09. The monoisotopic (exact) mass is 301 g/mol. The zero-order valence-electron chi connectivity index (χ0n) is 11.0. The molecule has 1 amide bonds. The average molecular weight is 301 g/mol. The maximum Gasteiger partial charge on any atom is 0.326 e. The molecule has 110 valence electrons. The molecule has 0 radical (unpaired) electrons. The van der Waals surface area contributed by atoms with Crippen LogP contribution in [0.15, 0.2) is 33.8 Å². The maximum atomic E-state index is 11.8. The summed E-state index contributed by atoms with van der Waals surface area (Å²) in [4.78, 5) is 22.7. The van der Waals surface area contributed by atoms with Crippen molar-refractivity contribution in [3.63, 3.8) is 0 Å². The highest BCUT2D eigenvalue weighted by atomic mass is 32.2. The van der Waals surface area contributed by atoms with E-state index in [1.807, 2.05) is 0 Å². The van der Waals surface area contributed by atoms with Gasteiger partial charge in [-0.2, -0.15) is 0 Å². The first-order valence-corrected chi connectivity index (χ1v) is 7.59. The number of rotatable bonds is 6. The van der Waals surface area contributed by atoms with Crippen LogP contribution in [0.25, 0.3) is 0 Å². The third kappa shape index (κ3) is 4.23. The number of aliphatic carboxylic acids is 1. The molecule has 20 heavy (non-hydrogen) atoms. The van der Waals surface area contributed by atoms with E-state index >= 15 is 0 Å². The van der Waals surface area contributed by atoms with Gasteiger partial charge in [0.1, 0.15) is 6.04 Å². The van der Waals surface area contributed by atoms with Gasteiger partial charge in [0, 0.05) is 6.26 Å². The lowest BCUT2D eigenvalue weighted by molar-refractivity contribution is -0.139. The number of allylic oxidation sites excluding steroid dienone is 1. The van der Waals surface area contributed by atoms with Gasteiger partial charge in [-0.05, 0) is 25.5 Å². The van der Waals surface area contributed by atoms with Crippen molar-refractivity contribution in [3.8, 4) is 0 Å². The molecule has 0 aliphatic rings. The van der Waals surface area contributed by atoms with Crippen molar-refractivity contribution in [2.75, 3.05) is 6.26 Å². The Bertz CT molecular complexity index is 628. The fraction of sp³-hybridized carbons (Fsp3) is 0.333. The highest BCUT2D eigenvalue weighted by molar-refractivity contribution is 7.90. The molecular formula is C12H15NO6S. The number of nitrogens with one attached hydrogen (secondary N) is 1. The third-order valence-corrected chi connectivity index (χ3v) is 3.33. The van der Waals surface area contributed by atoms with Crippen LogP contribution >= 0.6 is 0 Å². The van der Waals surface area contributed by atoms with Crippen molar-refractivity contribution in [2.24, 2.45) is 0 Å². The second-order valence-electron chi connectivity index (χ2n) is 4.06. The molecular weight excluding hydrogens is 286 g/mol. The van der Waals surface area contributed by atoms with Crippen LogP contribution in [0.5, 0.6) is 0 Å². The quantitative estimate of drug-likeness (QED) is 0.752. The van der Waals surface area contributed by atoms with Gasteiger partial charge in [0.25, 0.3) is 5.91 Å². The molecule has 7 nitrogen and oxygen atoms in total. The van der Waals surface area contributed by atoms with Crippen LogP contribution in [0, 0.1) is 0 Å². The predicted molar refractivity (Wildman–Crippen MR) is 70.1 cm³/mol. The molecule has 0 bridgehead atoms. The molecule has 0 saturated carbocycles. The summed E-state index contributed by atoms with van der Waals surface area (Å²) in [6.07, 6.45) is 4.33. The van der Waals surface area contributed by atoms with E-state index in [2.05, 4.69) is 5.32 Å². The zero-order valence-corrected chi connectivity index (χ0v) is 11.8. The van der Waals surface area contributed by atoms with Crippen LogP contribution in [0.4, 0.5) is 0 Å². The number of sulfone groups is 1. The lowest BCUT2D eigenvalue weighted by Gasteiger charge is -2.11. The Balaban J connectivity index is 2.84. The van der Waals surface area contributed by atoms with Gasteiger partial charge >= 0.3 is 5.97 Å². The highest BCUT2D eigenvalue weighted by Crippen LogP contribution is 2.13. The molecule has 1 heterocycles. The summed E-state index contributed by atoms with van der Waals surface area (Å²) in [7, 11) is -3.55. The number of furan rings is 1. The Morgan fingerprint density at radius 3 is 2.55 bits per heavy atom. The van der Waals surface area contributed by atoms with E-state index in [9.17, 15) is 18.0 Å². The van der Waals surface area contributed by atoms with Crippen molar-refractivity contribution in [2.45, 2.75) is 24.5 Å². The van der Waals surface area contributed by atoms with E-state index in [0.29, 0.717) is 0 Å². The minimum Gasteiger partial charge on any atom is -0.480 e. The minimum absolute atomic E-state index is 0.122. The average Bonchev–Trinajstić information content (AvgIpc) is 2.83. The lowest BCUT2D eigenvalue weighted by Crippen LogP contribution is -2.40. The summed E-state index contributed by atoms with van der Waals surface area (Å²) in [5, 5.41) is 10.9. The summed E-state index contributed by atoms with van der Waals surface area (Å²) in [6.45, 7) is 1.73. The Morgan fingerprint density at radius 1 is 1.45 bits per heavy atom. The van der Waals surface area contributed by atoms with Gasteiger partial charge < -0.3 is 14.8 Å². The zero-order chi connectivity index (χ0) is 15.3. The molecule has 1 unspecified atom stereocenters. The van der Waals surface area contributed by atoms with Gasteiger partial charge in [0.05, 0.1) is 0 Å². The van der Waals surface area contributed by atoms with E-state index in [1.165, 1.54) is 6.07 Å². The van der Waals surface area contributed by atoms with Crippen LogP contribution in [0.3, 0.4) is 0 Å². The first-order chi connectivity index (χ1) is 9.25. The van der Waals surface area contributed by atoms with Crippen molar-refractivity contribution in [1.29, 1.82) is 0 Å². The SMILES string of the molecule is C/C=C/CC(NC(=O)c1ccc(S(C)(=O)=O)o1)C(=O)O. The van der Waals surface area contributed by atoms with Crippen molar-refractivity contribution in [3.05, 3.63) is 30.0 Å². The fourth-order valence-corrected chi connectivity index (χ4v) is 1.92. The molecule has 0 fully saturated rings. The molecule has 0 saturated heterocycles. The van der Waals surface area contributed by atoms with Crippen LogP contribution in [0.2, 0.25) is 0 Å². The van der Waals surface area contributed by atoms with Gasteiger partial charge in [0.2, 0.25) is 14.9 Å². The van der Waals surface area contributed by atoms with Gasteiger partial charge in [-0.1, -0.05) is 12.2 Å². The summed E-state index contributed by atoms with van der Waals surface area (Å²) in [5.74, 6) is -2.22. The highest BCUT2D eigenvalue weighted by Gasteiger charge is 2.22. The van der Waals surface area contributed by atoms with Gasteiger partial charge in [0.15, 0.2) is 5.76 Å². The van der Waals surface area contributed by atoms with Gasteiger partial charge in [-0.3, -0.25) is 4.79 Å². The third-order valence-electron chi connectivity index (χ3n) is 2.38. The molecule has 0 spiro atoms. The molecule has 2 N–H and O–H groups in total. The Labute approximate surface area is 116 Å². The van der Waals surface area contributed by atoms with Crippen LogP contribution in [-0.4, -0.2) is 37.7 Å². The Morgan fingerprint density at radius 2 is 2.10 bits per heavy atom. The number of carboxylic acid groups (broad SMARTS) is 1. The number of carbonyl (C=O) groups excluding carboxylic acids is 1. The number of hydrogen-bond acceptors (Lipinski definition) is 5. The van der Waals surface area contributed by atoms with Gasteiger partial charge in [-0.15, -0.1) is 0 Å². The summed E-state index contributed by atoms with van der Waals surface area (Å²) < 4.78 is 27.3. The molecule has 8 heteroatoms. The van der Waals surface area contributed by atoms with E-state index < -0.39 is 27.8 Å². The number of hydrogen-bond donors (Lipinski definition) is 2. The molecule has 1 aromatic rings. The molecule has 0 aliphatic heterocycles. The maximum absolute atomic E-state index is 11.8. The lowest BCUT2D eigenvalue weighted by atomic mass is 10.2. The second kappa shape index (κ2) is 6.38. The standard InChI is InChI=1S/C12H15NO6S/c1-3-4-5-8(12(15)16)13-11(14)9-6-7-10(19-9)20(2,17)18/h3-4,6-8H,5H2,1-2H3,(H,13,14)(H,15,16)/b4-3+. The molecule has 0 aromatic carbocycles. The first kappa shape index (κ1) is 16.0. The van der Waals surface area contributed by atoms with Crippen molar-refractivity contribution < 1.29 is 27.5 Å².